The largest absolute Gasteiger partial charge is 0.416 e. The minimum absolute atomic E-state index is 0.00135. The second-order valence-electron chi connectivity index (χ2n) is 6.76. The van der Waals surface area contributed by atoms with Gasteiger partial charge in [0.2, 0.25) is 0 Å². The third kappa shape index (κ3) is 5.11. The standard InChI is InChI=1S/C19H17F4N3O2/c1-10-4-15(26-17(25-10)8-16(27)12-2-3-12)18(28)24-9-11-5-13(19(21,22)23)7-14(20)6-11/h4-7,12H,2-3,8-9H2,1H3,(H,24,28). The van der Waals surface area contributed by atoms with Crippen molar-refractivity contribution in [2.24, 2.45) is 5.92 Å². The second kappa shape index (κ2) is 7.65. The number of Topliss-reactive ketones (excluding diaryl/α,β-unsaturated/α-hetero) is 1. The summed E-state index contributed by atoms with van der Waals surface area (Å²) in [7, 11) is 0. The molecule has 1 N–H and O–H groups in total. The van der Waals surface area contributed by atoms with E-state index in [1.54, 1.807) is 6.92 Å². The predicted molar refractivity (Wildman–Crippen MR) is 90.8 cm³/mol. The molecule has 0 atom stereocenters. The number of ketones is 1. The lowest BCUT2D eigenvalue weighted by Crippen LogP contribution is -2.25. The average molecular weight is 395 g/mol. The minimum atomic E-state index is -4.69. The van der Waals surface area contributed by atoms with E-state index in [2.05, 4.69) is 15.3 Å². The quantitative estimate of drug-likeness (QED) is 0.761. The van der Waals surface area contributed by atoms with E-state index in [0.717, 1.165) is 25.0 Å². The van der Waals surface area contributed by atoms with Gasteiger partial charge < -0.3 is 5.32 Å². The fourth-order valence-electron chi connectivity index (χ4n) is 2.72. The highest BCUT2D eigenvalue weighted by atomic mass is 19.4. The molecule has 5 nitrogen and oxygen atoms in total. The molecule has 1 aromatic carbocycles. The summed E-state index contributed by atoms with van der Waals surface area (Å²) in [4.78, 5) is 32.5. The first kappa shape index (κ1) is 19.9. The van der Waals surface area contributed by atoms with Gasteiger partial charge in [-0.2, -0.15) is 13.2 Å². The predicted octanol–water partition coefficient (Wildman–Crippen LogP) is 3.39. The molecule has 1 aromatic heterocycles. The third-order valence-electron chi connectivity index (χ3n) is 4.24. The van der Waals surface area contributed by atoms with Crippen LogP contribution in [0.1, 0.15) is 46.0 Å². The Morgan fingerprint density at radius 2 is 1.86 bits per heavy atom. The van der Waals surface area contributed by atoms with E-state index in [9.17, 15) is 27.2 Å². The van der Waals surface area contributed by atoms with Crippen molar-refractivity contribution in [1.82, 2.24) is 15.3 Å². The average Bonchev–Trinajstić information content (AvgIpc) is 3.43. The van der Waals surface area contributed by atoms with Gasteiger partial charge >= 0.3 is 6.18 Å². The van der Waals surface area contributed by atoms with Crippen LogP contribution in [-0.2, 0) is 23.9 Å². The molecule has 0 aliphatic heterocycles. The number of hydrogen-bond acceptors (Lipinski definition) is 4. The van der Waals surface area contributed by atoms with E-state index >= 15 is 0 Å². The third-order valence-corrected chi connectivity index (χ3v) is 4.24. The van der Waals surface area contributed by atoms with Crippen molar-refractivity contribution in [3.63, 3.8) is 0 Å². The van der Waals surface area contributed by atoms with Gasteiger partial charge in [-0.05, 0) is 49.6 Å². The molecule has 2 aromatic rings. The van der Waals surface area contributed by atoms with E-state index in [4.69, 9.17) is 0 Å². The molecule has 0 unspecified atom stereocenters. The zero-order chi connectivity index (χ0) is 20.5. The molecule has 1 aliphatic rings. The Morgan fingerprint density at radius 1 is 1.14 bits per heavy atom. The number of benzene rings is 1. The lowest BCUT2D eigenvalue weighted by atomic mass is 10.1. The topological polar surface area (TPSA) is 72.0 Å². The van der Waals surface area contributed by atoms with Gasteiger partial charge in [0.1, 0.15) is 23.1 Å². The van der Waals surface area contributed by atoms with E-state index in [0.29, 0.717) is 11.8 Å². The highest BCUT2D eigenvalue weighted by Crippen LogP contribution is 2.31. The van der Waals surface area contributed by atoms with Crippen LogP contribution in [-0.4, -0.2) is 21.7 Å². The Morgan fingerprint density at radius 3 is 2.50 bits per heavy atom. The van der Waals surface area contributed by atoms with Crippen molar-refractivity contribution >= 4 is 11.7 Å². The normalized spacial score (nSPS) is 14.0. The number of hydrogen-bond donors (Lipinski definition) is 1. The molecule has 0 bridgehead atoms. The molecule has 3 rings (SSSR count). The van der Waals surface area contributed by atoms with Crippen molar-refractivity contribution in [3.05, 3.63) is 58.4 Å². The first-order chi connectivity index (χ1) is 13.1. The summed E-state index contributed by atoms with van der Waals surface area (Å²) in [5, 5.41) is 2.42. The first-order valence-electron chi connectivity index (χ1n) is 8.64. The van der Waals surface area contributed by atoms with Crippen molar-refractivity contribution in [2.75, 3.05) is 0 Å². The number of halogens is 4. The maximum absolute atomic E-state index is 13.4. The summed E-state index contributed by atoms with van der Waals surface area (Å²) in [5.74, 6) is -1.40. The summed E-state index contributed by atoms with van der Waals surface area (Å²) in [5.41, 5.74) is -0.673. The number of rotatable bonds is 6. The Hall–Kier alpha value is -2.84. The summed E-state index contributed by atoms with van der Waals surface area (Å²) >= 11 is 0. The minimum Gasteiger partial charge on any atom is -0.347 e. The molecule has 28 heavy (non-hydrogen) atoms. The smallest absolute Gasteiger partial charge is 0.347 e. The zero-order valence-electron chi connectivity index (χ0n) is 14.9. The van der Waals surface area contributed by atoms with Crippen molar-refractivity contribution in [3.8, 4) is 0 Å². The Balaban J connectivity index is 1.70. The van der Waals surface area contributed by atoms with Gasteiger partial charge in [0.25, 0.3) is 5.91 Å². The van der Waals surface area contributed by atoms with Gasteiger partial charge in [-0.25, -0.2) is 14.4 Å². The van der Waals surface area contributed by atoms with E-state index in [-0.39, 0.29) is 41.7 Å². The summed E-state index contributed by atoms with van der Waals surface area (Å²) < 4.78 is 51.7. The molecular formula is C19H17F4N3O2. The monoisotopic (exact) mass is 395 g/mol. The number of amides is 1. The van der Waals surface area contributed by atoms with Crippen LogP contribution >= 0.6 is 0 Å². The number of nitrogens with one attached hydrogen (secondary N) is 1. The lowest BCUT2D eigenvalue weighted by molar-refractivity contribution is -0.137. The fraction of sp³-hybridized carbons (Fsp3) is 0.368. The molecule has 1 aliphatic carbocycles. The Bertz CT molecular complexity index is 924. The fourth-order valence-corrected chi connectivity index (χ4v) is 2.72. The van der Waals surface area contributed by atoms with Gasteiger partial charge in [0.05, 0.1) is 12.0 Å². The highest BCUT2D eigenvalue weighted by Gasteiger charge is 2.31. The lowest BCUT2D eigenvalue weighted by Gasteiger charge is -2.11. The molecule has 1 heterocycles. The summed E-state index contributed by atoms with van der Waals surface area (Å²) in [6, 6.07) is 3.49. The second-order valence-corrected chi connectivity index (χ2v) is 6.76. The van der Waals surface area contributed by atoms with Crippen LogP contribution in [0.2, 0.25) is 0 Å². The van der Waals surface area contributed by atoms with Crippen LogP contribution in [0.25, 0.3) is 0 Å². The molecule has 0 spiro atoms. The Labute approximate surface area is 158 Å². The number of aryl methyl sites for hydroxylation is 1. The molecule has 0 saturated heterocycles. The maximum Gasteiger partial charge on any atom is 0.416 e. The number of alkyl halides is 3. The zero-order valence-corrected chi connectivity index (χ0v) is 14.9. The number of carbonyl (C=O) groups excluding carboxylic acids is 2. The van der Waals surface area contributed by atoms with Crippen LogP contribution in [0, 0.1) is 18.7 Å². The molecule has 1 amide bonds. The molecule has 0 radical (unpaired) electrons. The van der Waals surface area contributed by atoms with E-state index in [1.807, 2.05) is 0 Å². The van der Waals surface area contributed by atoms with Gasteiger partial charge in [-0.3, -0.25) is 9.59 Å². The van der Waals surface area contributed by atoms with E-state index < -0.39 is 23.5 Å². The molecule has 9 heteroatoms. The van der Waals surface area contributed by atoms with Crippen LogP contribution in [0.5, 0.6) is 0 Å². The molecule has 1 saturated carbocycles. The van der Waals surface area contributed by atoms with Gasteiger partial charge in [0.15, 0.2) is 0 Å². The van der Waals surface area contributed by atoms with Crippen LogP contribution in [0.4, 0.5) is 17.6 Å². The van der Waals surface area contributed by atoms with Gasteiger partial charge in [-0.1, -0.05) is 0 Å². The first-order valence-corrected chi connectivity index (χ1v) is 8.64. The van der Waals surface area contributed by atoms with Crippen LogP contribution < -0.4 is 5.32 Å². The van der Waals surface area contributed by atoms with Crippen LogP contribution in [0.15, 0.2) is 24.3 Å². The molecule has 148 valence electrons. The van der Waals surface area contributed by atoms with Crippen LogP contribution in [0.3, 0.4) is 0 Å². The van der Waals surface area contributed by atoms with Crippen molar-refractivity contribution < 1.29 is 27.2 Å². The highest BCUT2D eigenvalue weighted by molar-refractivity contribution is 5.92. The molecular weight excluding hydrogens is 378 g/mol. The number of aromatic nitrogens is 2. The maximum atomic E-state index is 13.4. The Kier molecular flexibility index (Phi) is 5.44. The summed E-state index contributed by atoms with van der Waals surface area (Å²) in [6.07, 6.45) is -2.95. The number of nitrogens with zero attached hydrogens (tertiary/aromatic N) is 2. The van der Waals surface area contributed by atoms with Crippen molar-refractivity contribution in [1.29, 1.82) is 0 Å². The summed E-state index contributed by atoms with van der Waals surface area (Å²) in [6.45, 7) is 1.34. The van der Waals surface area contributed by atoms with Gasteiger partial charge in [0, 0.05) is 18.2 Å². The van der Waals surface area contributed by atoms with E-state index in [1.165, 1.54) is 6.07 Å². The van der Waals surface area contributed by atoms with Crippen molar-refractivity contribution in [2.45, 2.75) is 38.9 Å². The molecule has 1 fully saturated rings. The van der Waals surface area contributed by atoms with Gasteiger partial charge in [-0.15, -0.1) is 0 Å². The SMILES string of the molecule is Cc1cc(C(=O)NCc2cc(F)cc(C(F)(F)F)c2)nc(CC(=O)C2CC2)n1. The number of carbonyl (C=O) groups is 2.